The molecule has 0 aliphatic carbocycles. The van der Waals surface area contributed by atoms with Crippen LogP contribution in [-0.4, -0.2) is 23.6 Å². The highest BCUT2D eigenvalue weighted by molar-refractivity contribution is 5.81. The molecule has 0 saturated heterocycles. The van der Waals surface area contributed by atoms with Crippen LogP contribution in [-0.2, 0) is 11.2 Å². The number of hydrogen-bond acceptors (Lipinski definition) is 4. The molecule has 0 heterocycles. The predicted octanol–water partition coefficient (Wildman–Crippen LogP) is 1.07. The molecule has 1 aromatic rings. The number of nitriles is 1. The second-order valence-electron chi connectivity index (χ2n) is 4.38. The Morgan fingerprint density at radius 1 is 1.37 bits per heavy atom. The van der Waals surface area contributed by atoms with Crippen molar-refractivity contribution in [3.63, 3.8) is 0 Å². The summed E-state index contributed by atoms with van der Waals surface area (Å²) in [6.07, 6.45) is 2.51. The summed E-state index contributed by atoms with van der Waals surface area (Å²) in [7, 11) is 0. The van der Waals surface area contributed by atoms with E-state index in [9.17, 15) is 4.79 Å². The molecule has 0 aromatic heterocycles. The number of unbranched alkanes of at least 4 members (excludes halogenated alkanes) is 2. The number of carbonyl (C=O) groups excluding carboxylic acids is 1. The second kappa shape index (κ2) is 8.11. The Bertz CT molecular complexity index is 437. The Morgan fingerprint density at radius 2 is 2.05 bits per heavy atom. The largest absolute Gasteiger partial charge is 0.508 e. The van der Waals surface area contributed by atoms with Crippen molar-refractivity contribution in [3.8, 4) is 11.8 Å². The van der Waals surface area contributed by atoms with E-state index in [1.807, 2.05) is 0 Å². The SMILES string of the molecule is N#CCCCCNC(=O)C(N)Cc1ccc(O)cc1. The summed E-state index contributed by atoms with van der Waals surface area (Å²) < 4.78 is 0. The lowest BCUT2D eigenvalue weighted by molar-refractivity contribution is -0.122. The van der Waals surface area contributed by atoms with Crippen molar-refractivity contribution >= 4 is 5.91 Å². The first kappa shape index (κ1) is 15.0. The van der Waals surface area contributed by atoms with E-state index in [0.29, 0.717) is 19.4 Å². The van der Waals surface area contributed by atoms with Crippen LogP contribution in [0.2, 0.25) is 0 Å². The molecule has 1 unspecified atom stereocenters. The summed E-state index contributed by atoms with van der Waals surface area (Å²) in [6.45, 7) is 0.545. The van der Waals surface area contributed by atoms with Gasteiger partial charge in [-0.05, 0) is 37.0 Å². The lowest BCUT2D eigenvalue weighted by Crippen LogP contribution is -2.42. The number of hydrogen-bond donors (Lipinski definition) is 3. The lowest BCUT2D eigenvalue weighted by Gasteiger charge is -2.12. The maximum Gasteiger partial charge on any atom is 0.237 e. The smallest absolute Gasteiger partial charge is 0.237 e. The van der Waals surface area contributed by atoms with Gasteiger partial charge in [-0.2, -0.15) is 5.26 Å². The zero-order chi connectivity index (χ0) is 14.1. The van der Waals surface area contributed by atoms with Gasteiger partial charge in [0, 0.05) is 13.0 Å². The van der Waals surface area contributed by atoms with E-state index in [1.165, 1.54) is 0 Å². The van der Waals surface area contributed by atoms with Crippen molar-refractivity contribution in [2.24, 2.45) is 5.73 Å². The molecule has 102 valence electrons. The van der Waals surface area contributed by atoms with Crippen LogP contribution in [0, 0.1) is 11.3 Å². The van der Waals surface area contributed by atoms with Gasteiger partial charge in [0.05, 0.1) is 12.1 Å². The van der Waals surface area contributed by atoms with E-state index >= 15 is 0 Å². The molecule has 5 heteroatoms. The third-order valence-corrected chi connectivity index (χ3v) is 2.74. The number of phenolic OH excluding ortho intramolecular Hbond substituents is 1. The molecule has 0 spiro atoms. The Labute approximate surface area is 113 Å². The van der Waals surface area contributed by atoms with Gasteiger partial charge in [-0.15, -0.1) is 0 Å². The molecular weight excluding hydrogens is 242 g/mol. The summed E-state index contributed by atoms with van der Waals surface area (Å²) in [4.78, 5) is 11.7. The third kappa shape index (κ3) is 5.89. The van der Waals surface area contributed by atoms with E-state index in [0.717, 1.165) is 18.4 Å². The minimum atomic E-state index is -0.597. The highest BCUT2D eigenvalue weighted by Gasteiger charge is 2.13. The number of nitrogens with two attached hydrogens (primary N) is 1. The first-order valence-electron chi connectivity index (χ1n) is 6.31. The fraction of sp³-hybridized carbons (Fsp3) is 0.429. The molecule has 1 aromatic carbocycles. The number of aromatic hydroxyl groups is 1. The normalized spacial score (nSPS) is 11.6. The van der Waals surface area contributed by atoms with Gasteiger partial charge in [0.2, 0.25) is 5.91 Å². The molecule has 0 fully saturated rings. The number of nitrogens with one attached hydrogen (secondary N) is 1. The van der Waals surface area contributed by atoms with Gasteiger partial charge in [-0.3, -0.25) is 4.79 Å². The average Bonchev–Trinajstić information content (AvgIpc) is 2.41. The van der Waals surface area contributed by atoms with Gasteiger partial charge >= 0.3 is 0 Å². The van der Waals surface area contributed by atoms with Crippen LogP contribution in [0.25, 0.3) is 0 Å². The van der Waals surface area contributed by atoms with Crippen LogP contribution < -0.4 is 11.1 Å². The fourth-order valence-corrected chi connectivity index (χ4v) is 1.65. The molecule has 1 rings (SSSR count). The number of carbonyl (C=O) groups is 1. The maximum atomic E-state index is 11.7. The average molecular weight is 261 g/mol. The number of amides is 1. The van der Waals surface area contributed by atoms with Crippen molar-refractivity contribution in [2.75, 3.05) is 6.54 Å². The van der Waals surface area contributed by atoms with Crippen LogP contribution in [0.4, 0.5) is 0 Å². The Morgan fingerprint density at radius 3 is 2.68 bits per heavy atom. The summed E-state index contributed by atoms with van der Waals surface area (Å²) in [5.41, 5.74) is 6.71. The van der Waals surface area contributed by atoms with Crippen molar-refractivity contribution in [1.82, 2.24) is 5.32 Å². The molecule has 1 atom stereocenters. The van der Waals surface area contributed by atoms with Crippen LogP contribution in [0.3, 0.4) is 0 Å². The zero-order valence-electron chi connectivity index (χ0n) is 10.8. The van der Waals surface area contributed by atoms with E-state index in [-0.39, 0.29) is 11.7 Å². The van der Waals surface area contributed by atoms with Crippen molar-refractivity contribution in [3.05, 3.63) is 29.8 Å². The molecule has 0 bridgehead atoms. The van der Waals surface area contributed by atoms with E-state index < -0.39 is 6.04 Å². The molecule has 0 saturated carbocycles. The topological polar surface area (TPSA) is 99.1 Å². The fourth-order valence-electron chi connectivity index (χ4n) is 1.65. The van der Waals surface area contributed by atoms with Crippen LogP contribution in [0.15, 0.2) is 24.3 Å². The van der Waals surface area contributed by atoms with Gasteiger partial charge in [-0.25, -0.2) is 0 Å². The van der Waals surface area contributed by atoms with E-state index in [4.69, 9.17) is 16.1 Å². The zero-order valence-corrected chi connectivity index (χ0v) is 10.8. The van der Waals surface area contributed by atoms with Crippen LogP contribution >= 0.6 is 0 Å². The molecule has 0 aliphatic rings. The predicted molar refractivity (Wildman–Crippen MR) is 72.3 cm³/mol. The van der Waals surface area contributed by atoms with Crippen LogP contribution in [0.5, 0.6) is 5.75 Å². The van der Waals surface area contributed by atoms with Crippen molar-refractivity contribution in [2.45, 2.75) is 31.7 Å². The Balaban J connectivity index is 2.28. The molecule has 5 nitrogen and oxygen atoms in total. The summed E-state index contributed by atoms with van der Waals surface area (Å²) in [5.74, 6) is 0.00398. The summed E-state index contributed by atoms with van der Waals surface area (Å²) in [6, 6.07) is 8.09. The first-order valence-corrected chi connectivity index (χ1v) is 6.31. The first-order chi connectivity index (χ1) is 9.13. The molecular formula is C14H19N3O2. The number of nitrogens with zero attached hydrogens (tertiary/aromatic N) is 1. The quantitative estimate of drug-likeness (QED) is 0.639. The Hall–Kier alpha value is -2.06. The lowest BCUT2D eigenvalue weighted by atomic mass is 10.1. The summed E-state index contributed by atoms with van der Waals surface area (Å²) in [5, 5.41) is 20.3. The number of rotatable bonds is 7. The van der Waals surface area contributed by atoms with Crippen LogP contribution in [0.1, 0.15) is 24.8 Å². The number of phenols is 1. The molecule has 0 radical (unpaired) electrons. The maximum absolute atomic E-state index is 11.7. The Kier molecular flexibility index (Phi) is 6.41. The van der Waals surface area contributed by atoms with Gasteiger partial charge < -0.3 is 16.2 Å². The molecule has 0 aliphatic heterocycles. The van der Waals surface area contributed by atoms with E-state index in [1.54, 1.807) is 24.3 Å². The van der Waals surface area contributed by atoms with E-state index in [2.05, 4.69) is 11.4 Å². The monoisotopic (exact) mass is 261 g/mol. The number of benzene rings is 1. The third-order valence-electron chi connectivity index (χ3n) is 2.74. The van der Waals surface area contributed by atoms with Gasteiger partial charge in [0.15, 0.2) is 0 Å². The molecule has 19 heavy (non-hydrogen) atoms. The van der Waals surface area contributed by atoms with Gasteiger partial charge in [0.25, 0.3) is 0 Å². The highest BCUT2D eigenvalue weighted by atomic mass is 16.3. The van der Waals surface area contributed by atoms with Gasteiger partial charge in [0.1, 0.15) is 5.75 Å². The second-order valence-corrected chi connectivity index (χ2v) is 4.38. The summed E-state index contributed by atoms with van der Waals surface area (Å²) >= 11 is 0. The minimum absolute atomic E-state index is 0.190. The van der Waals surface area contributed by atoms with Crippen molar-refractivity contribution in [1.29, 1.82) is 5.26 Å². The standard InChI is InChI=1S/C14H19N3O2/c15-8-2-1-3-9-17-14(19)13(16)10-11-4-6-12(18)7-5-11/h4-7,13,18H,1-3,9-10,16H2,(H,17,19). The minimum Gasteiger partial charge on any atom is -0.508 e. The molecule has 4 N–H and O–H groups in total. The van der Waals surface area contributed by atoms with Gasteiger partial charge in [-0.1, -0.05) is 12.1 Å². The molecule has 1 amide bonds. The highest BCUT2D eigenvalue weighted by Crippen LogP contribution is 2.10. The van der Waals surface area contributed by atoms with Crippen molar-refractivity contribution < 1.29 is 9.90 Å².